The molecule has 0 radical (unpaired) electrons. The van der Waals surface area contributed by atoms with Crippen molar-refractivity contribution in [2.75, 3.05) is 0 Å². The van der Waals surface area contributed by atoms with Crippen LogP contribution in [0, 0.1) is 0 Å². The first kappa shape index (κ1) is 13.5. The highest BCUT2D eigenvalue weighted by molar-refractivity contribution is 5.28. The van der Waals surface area contributed by atoms with Gasteiger partial charge in [0, 0.05) is 0 Å². The summed E-state index contributed by atoms with van der Waals surface area (Å²) in [5.41, 5.74) is 5.79. The van der Waals surface area contributed by atoms with Crippen molar-refractivity contribution in [2.24, 2.45) is 0 Å². The Morgan fingerprint density at radius 2 is 1.67 bits per heavy atom. The summed E-state index contributed by atoms with van der Waals surface area (Å²) < 4.78 is 0. The zero-order valence-corrected chi connectivity index (χ0v) is 11.5. The number of rotatable bonds is 6. The van der Waals surface area contributed by atoms with Crippen molar-refractivity contribution in [2.45, 2.75) is 13.2 Å². The van der Waals surface area contributed by atoms with Crippen LogP contribution in [0.3, 0.4) is 0 Å². The Bertz CT molecular complexity index is 667. The minimum Gasteiger partial charge on any atom is -0.297 e. The molecule has 5 nitrogen and oxygen atoms in total. The Kier molecular flexibility index (Phi) is 4.36. The van der Waals surface area contributed by atoms with Gasteiger partial charge in [-0.1, -0.05) is 48.5 Å². The third-order valence-corrected chi connectivity index (χ3v) is 2.96. The van der Waals surface area contributed by atoms with E-state index in [-0.39, 0.29) is 0 Å². The van der Waals surface area contributed by atoms with Gasteiger partial charge in [-0.3, -0.25) is 4.84 Å². The van der Waals surface area contributed by atoms with E-state index in [1.165, 1.54) is 0 Å². The van der Waals surface area contributed by atoms with Gasteiger partial charge in [0.15, 0.2) is 0 Å². The number of nitrogens with one attached hydrogen (secondary N) is 1. The molecule has 0 atom stereocenters. The molecule has 0 saturated heterocycles. The number of hydroxylamine groups is 1. The molecule has 0 saturated carbocycles. The topological polar surface area (TPSA) is 52.0 Å². The molecule has 1 N–H and O–H groups in total. The quantitative estimate of drug-likeness (QED) is 0.557. The fourth-order valence-corrected chi connectivity index (χ4v) is 1.89. The van der Waals surface area contributed by atoms with Crippen molar-refractivity contribution in [3.63, 3.8) is 0 Å². The summed E-state index contributed by atoms with van der Waals surface area (Å²) in [7, 11) is 0. The van der Waals surface area contributed by atoms with E-state index in [4.69, 9.17) is 4.84 Å². The number of hydrogen-bond acceptors (Lipinski definition) is 4. The summed E-state index contributed by atoms with van der Waals surface area (Å²) in [6.07, 6.45) is 1.73. The number of hydrogen-bond donors (Lipinski definition) is 1. The van der Waals surface area contributed by atoms with Crippen molar-refractivity contribution < 1.29 is 4.84 Å². The molecule has 0 fully saturated rings. The smallest absolute Gasteiger partial charge is 0.0993 e. The molecule has 5 heteroatoms. The molecular formula is C16H16N4O. The second-order valence-corrected chi connectivity index (χ2v) is 4.56. The highest BCUT2D eigenvalue weighted by atomic mass is 16.6. The summed E-state index contributed by atoms with van der Waals surface area (Å²) >= 11 is 0. The van der Waals surface area contributed by atoms with E-state index in [2.05, 4.69) is 15.7 Å². The zero-order chi connectivity index (χ0) is 14.3. The number of nitrogens with zero attached hydrogens (tertiary/aromatic N) is 3. The van der Waals surface area contributed by atoms with Crippen LogP contribution in [0.25, 0.3) is 5.69 Å². The van der Waals surface area contributed by atoms with Crippen LogP contribution in [0.1, 0.15) is 11.3 Å². The second kappa shape index (κ2) is 6.78. The number of para-hydroxylation sites is 1. The van der Waals surface area contributed by atoms with Gasteiger partial charge in [-0.15, -0.1) is 0 Å². The van der Waals surface area contributed by atoms with Gasteiger partial charge < -0.3 is 0 Å². The lowest BCUT2D eigenvalue weighted by atomic mass is 10.2. The third kappa shape index (κ3) is 3.75. The molecule has 3 aromatic rings. The molecule has 1 aromatic heterocycles. The molecule has 0 amide bonds. The minimum atomic E-state index is 0.514. The fraction of sp³-hybridized carbons (Fsp3) is 0.125. The van der Waals surface area contributed by atoms with E-state index in [0.717, 1.165) is 16.9 Å². The summed E-state index contributed by atoms with van der Waals surface area (Å²) in [6, 6.07) is 19.8. The van der Waals surface area contributed by atoms with Crippen LogP contribution in [-0.4, -0.2) is 15.0 Å². The zero-order valence-electron chi connectivity index (χ0n) is 11.5. The molecule has 0 aliphatic carbocycles. The van der Waals surface area contributed by atoms with Crippen LogP contribution < -0.4 is 5.48 Å². The van der Waals surface area contributed by atoms with Crippen LogP contribution in [0.15, 0.2) is 66.9 Å². The largest absolute Gasteiger partial charge is 0.297 e. The van der Waals surface area contributed by atoms with E-state index in [0.29, 0.717) is 13.2 Å². The van der Waals surface area contributed by atoms with Crippen molar-refractivity contribution >= 4 is 0 Å². The highest BCUT2D eigenvalue weighted by Gasteiger charge is 2.02. The van der Waals surface area contributed by atoms with Gasteiger partial charge in [0.05, 0.1) is 30.7 Å². The first-order chi connectivity index (χ1) is 10.4. The normalized spacial score (nSPS) is 10.7. The van der Waals surface area contributed by atoms with Crippen molar-refractivity contribution in [1.82, 2.24) is 20.5 Å². The van der Waals surface area contributed by atoms with E-state index in [1.54, 1.807) is 11.0 Å². The molecule has 0 spiro atoms. The minimum absolute atomic E-state index is 0.514. The molecule has 3 rings (SSSR count). The molecule has 1 heterocycles. The standard InChI is InChI=1S/C16H16N4O/c1-3-7-14(8-4-1)13-21-18-12-15-11-17-20(19-15)16-9-5-2-6-10-16/h1-11,18H,12-13H2. The van der Waals surface area contributed by atoms with Crippen molar-refractivity contribution in [1.29, 1.82) is 0 Å². The molecule has 2 aromatic carbocycles. The average Bonchev–Trinajstić information content (AvgIpc) is 3.02. The second-order valence-electron chi connectivity index (χ2n) is 4.56. The van der Waals surface area contributed by atoms with E-state index in [9.17, 15) is 0 Å². The van der Waals surface area contributed by atoms with Gasteiger partial charge >= 0.3 is 0 Å². The van der Waals surface area contributed by atoms with Crippen LogP contribution >= 0.6 is 0 Å². The summed E-state index contributed by atoms with van der Waals surface area (Å²) in [5.74, 6) is 0. The Morgan fingerprint density at radius 3 is 2.43 bits per heavy atom. The summed E-state index contributed by atoms with van der Waals surface area (Å²) in [6.45, 7) is 1.04. The van der Waals surface area contributed by atoms with Gasteiger partial charge in [0.25, 0.3) is 0 Å². The van der Waals surface area contributed by atoms with Crippen molar-refractivity contribution in [3.8, 4) is 5.69 Å². The predicted molar refractivity (Wildman–Crippen MR) is 79.4 cm³/mol. The van der Waals surface area contributed by atoms with E-state index in [1.807, 2.05) is 60.7 Å². The average molecular weight is 280 g/mol. The van der Waals surface area contributed by atoms with Crippen molar-refractivity contribution in [3.05, 3.63) is 78.1 Å². The van der Waals surface area contributed by atoms with Gasteiger partial charge in [-0.2, -0.15) is 20.5 Å². The monoisotopic (exact) mass is 280 g/mol. The van der Waals surface area contributed by atoms with E-state index < -0.39 is 0 Å². The maximum atomic E-state index is 5.41. The third-order valence-electron chi connectivity index (χ3n) is 2.96. The predicted octanol–water partition coefficient (Wildman–Crippen LogP) is 2.49. The Labute approximate surface area is 123 Å². The summed E-state index contributed by atoms with van der Waals surface area (Å²) in [5, 5.41) is 8.62. The van der Waals surface area contributed by atoms with Crippen LogP contribution in [0.4, 0.5) is 0 Å². The molecule has 0 aliphatic heterocycles. The van der Waals surface area contributed by atoms with Crippen LogP contribution in [0.2, 0.25) is 0 Å². The lowest BCUT2D eigenvalue weighted by molar-refractivity contribution is 0.0228. The van der Waals surface area contributed by atoms with E-state index >= 15 is 0 Å². The van der Waals surface area contributed by atoms with Gasteiger partial charge in [-0.25, -0.2) is 0 Å². The molecular weight excluding hydrogens is 264 g/mol. The van der Waals surface area contributed by atoms with Gasteiger partial charge in [0.1, 0.15) is 0 Å². The molecule has 0 aliphatic rings. The number of benzene rings is 2. The summed E-state index contributed by atoms with van der Waals surface area (Å²) in [4.78, 5) is 7.02. The van der Waals surface area contributed by atoms with Gasteiger partial charge in [0.2, 0.25) is 0 Å². The van der Waals surface area contributed by atoms with Gasteiger partial charge in [-0.05, 0) is 17.7 Å². The van der Waals surface area contributed by atoms with Crippen LogP contribution in [0.5, 0.6) is 0 Å². The Hall–Kier alpha value is -2.50. The maximum Gasteiger partial charge on any atom is 0.0993 e. The molecule has 0 bridgehead atoms. The number of aromatic nitrogens is 3. The lowest BCUT2D eigenvalue weighted by Gasteiger charge is -2.04. The Morgan fingerprint density at radius 1 is 0.952 bits per heavy atom. The first-order valence-electron chi connectivity index (χ1n) is 6.77. The lowest BCUT2D eigenvalue weighted by Crippen LogP contribution is -2.14. The van der Waals surface area contributed by atoms with Crippen LogP contribution in [-0.2, 0) is 18.0 Å². The fourth-order valence-electron chi connectivity index (χ4n) is 1.89. The molecule has 21 heavy (non-hydrogen) atoms. The first-order valence-corrected chi connectivity index (χ1v) is 6.77. The maximum absolute atomic E-state index is 5.41. The highest BCUT2D eigenvalue weighted by Crippen LogP contribution is 2.04. The molecule has 106 valence electrons. The molecule has 0 unspecified atom stereocenters. The SMILES string of the molecule is c1ccc(CONCc2cnn(-c3ccccc3)n2)cc1. The Balaban J connectivity index is 1.49.